The lowest BCUT2D eigenvalue weighted by molar-refractivity contribution is 0.0953. The number of hydrogen-bond acceptors (Lipinski definition) is 7. The third-order valence-electron chi connectivity index (χ3n) is 6.01. The highest BCUT2D eigenvalue weighted by Gasteiger charge is 2.49. The molecule has 2 aliphatic rings. The standard InChI is InChI=1S/C20H21FN6O3S/c1-22-18(28)16-12(21)5-10(8-23-16)27-4-3-26(14-7-15(14)27)9-11-6-13-17(31-11)19(29)25(2)20(30)24-13/h5-6,8,14-15H,3-4,7,9H2,1-2H3,(H,22,28)(H,24,30). The second-order valence-electron chi connectivity index (χ2n) is 7.89. The number of piperazine rings is 1. The van der Waals surface area contributed by atoms with Gasteiger partial charge in [0.2, 0.25) is 0 Å². The molecule has 0 bridgehead atoms. The lowest BCUT2D eigenvalue weighted by Crippen LogP contribution is -2.46. The molecule has 9 nitrogen and oxygen atoms in total. The molecule has 1 amide bonds. The number of thiophene rings is 1. The summed E-state index contributed by atoms with van der Waals surface area (Å²) in [5, 5.41) is 2.39. The topological polar surface area (TPSA) is 103 Å². The largest absolute Gasteiger partial charge is 0.364 e. The molecular formula is C20H21FN6O3S. The number of pyridine rings is 1. The summed E-state index contributed by atoms with van der Waals surface area (Å²) in [6.07, 6.45) is 2.51. The highest BCUT2D eigenvalue weighted by atomic mass is 32.1. The van der Waals surface area contributed by atoms with Crippen LogP contribution in [0.4, 0.5) is 10.1 Å². The van der Waals surface area contributed by atoms with Gasteiger partial charge in [0.1, 0.15) is 4.70 Å². The molecule has 2 unspecified atom stereocenters. The number of anilines is 1. The number of halogens is 1. The van der Waals surface area contributed by atoms with Crippen LogP contribution in [0.3, 0.4) is 0 Å². The number of aromatic amines is 1. The Kier molecular flexibility index (Phi) is 4.67. The lowest BCUT2D eigenvalue weighted by atomic mass is 10.2. The minimum atomic E-state index is -0.627. The Labute approximate surface area is 180 Å². The van der Waals surface area contributed by atoms with E-state index < -0.39 is 17.4 Å². The first kappa shape index (κ1) is 19.9. The first-order valence-corrected chi connectivity index (χ1v) is 10.8. The van der Waals surface area contributed by atoms with Gasteiger partial charge >= 0.3 is 5.69 Å². The van der Waals surface area contributed by atoms with Crippen molar-refractivity contribution in [2.75, 3.05) is 25.0 Å². The fourth-order valence-corrected chi connectivity index (χ4v) is 5.38. The summed E-state index contributed by atoms with van der Waals surface area (Å²) in [4.78, 5) is 48.1. The fraction of sp³-hybridized carbons (Fsp3) is 0.400. The second kappa shape index (κ2) is 7.27. The van der Waals surface area contributed by atoms with E-state index in [1.165, 1.54) is 31.5 Å². The van der Waals surface area contributed by atoms with Crippen LogP contribution in [0.2, 0.25) is 0 Å². The van der Waals surface area contributed by atoms with Gasteiger partial charge in [0, 0.05) is 56.8 Å². The molecule has 2 atom stereocenters. The van der Waals surface area contributed by atoms with E-state index in [9.17, 15) is 18.8 Å². The number of H-pyrrole nitrogens is 1. The van der Waals surface area contributed by atoms with Crippen molar-refractivity contribution in [2.24, 2.45) is 7.05 Å². The Morgan fingerprint density at radius 1 is 1.32 bits per heavy atom. The summed E-state index contributed by atoms with van der Waals surface area (Å²) in [5.74, 6) is -1.17. The first-order chi connectivity index (χ1) is 14.9. The maximum atomic E-state index is 14.3. The minimum absolute atomic E-state index is 0.203. The number of nitrogens with zero attached hydrogens (tertiary/aromatic N) is 4. The predicted molar refractivity (Wildman–Crippen MR) is 115 cm³/mol. The van der Waals surface area contributed by atoms with Crippen molar-refractivity contribution < 1.29 is 9.18 Å². The molecule has 5 rings (SSSR count). The van der Waals surface area contributed by atoms with E-state index in [1.807, 2.05) is 6.07 Å². The predicted octanol–water partition coefficient (Wildman–Crippen LogP) is 0.645. The summed E-state index contributed by atoms with van der Waals surface area (Å²) in [5.41, 5.74) is 0.364. The number of nitrogens with one attached hydrogen (secondary N) is 2. The van der Waals surface area contributed by atoms with Crippen LogP contribution < -0.4 is 21.5 Å². The van der Waals surface area contributed by atoms with Gasteiger partial charge < -0.3 is 15.2 Å². The minimum Gasteiger partial charge on any atom is -0.364 e. The molecular weight excluding hydrogens is 423 g/mol. The first-order valence-electron chi connectivity index (χ1n) is 9.97. The van der Waals surface area contributed by atoms with Crippen LogP contribution in [-0.2, 0) is 13.6 Å². The summed E-state index contributed by atoms with van der Waals surface area (Å²) < 4.78 is 16.0. The molecule has 3 aromatic heterocycles. The molecule has 162 valence electrons. The van der Waals surface area contributed by atoms with E-state index >= 15 is 0 Å². The van der Waals surface area contributed by atoms with Gasteiger partial charge in [0.05, 0.1) is 17.4 Å². The van der Waals surface area contributed by atoms with Crippen molar-refractivity contribution in [1.82, 2.24) is 24.8 Å². The normalized spacial score (nSPS) is 20.7. The summed E-state index contributed by atoms with van der Waals surface area (Å²) in [6.45, 7) is 2.19. The zero-order chi connectivity index (χ0) is 21.9. The monoisotopic (exact) mass is 444 g/mol. The van der Waals surface area contributed by atoms with Gasteiger partial charge in [-0.15, -0.1) is 11.3 Å². The molecule has 31 heavy (non-hydrogen) atoms. The zero-order valence-electron chi connectivity index (χ0n) is 17.0. The molecule has 0 radical (unpaired) electrons. The summed E-state index contributed by atoms with van der Waals surface area (Å²) >= 11 is 1.41. The number of hydrogen-bond donors (Lipinski definition) is 2. The molecule has 2 fully saturated rings. The Morgan fingerprint density at radius 2 is 2.13 bits per heavy atom. The lowest BCUT2D eigenvalue weighted by Gasteiger charge is -2.35. The van der Waals surface area contributed by atoms with Crippen molar-refractivity contribution in [3.05, 3.63) is 55.6 Å². The molecule has 0 aromatic carbocycles. The molecule has 1 saturated carbocycles. The van der Waals surface area contributed by atoms with Crippen molar-refractivity contribution in [3.63, 3.8) is 0 Å². The maximum absolute atomic E-state index is 14.3. The number of rotatable bonds is 4. The number of carbonyl (C=O) groups excluding carboxylic acids is 1. The van der Waals surface area contributed by atoms with Gasteiger partial charge in [-0.2, -0.15) is 0 Å². The van der Waals surface area contributed by atoms with E-state index in [0.29, 0.717) is 35.0 Å². The average Bonchev–Trinajstić information content (AvgIpc) is 3.46. The van der Waals surface area contributed by atoms with E-state index in [1.54, 1.807) is 6.20 Å². The van der Waals surface area contributed by atoms with Crippen molar-refractivity contribution >= 4 is 33.1 Å². The second-order valence-corrected chi connectivity index (χ2v) is 9.02. The third-order valence-corrected chi connectivity index (χ3v) is 7.12. The van der Waals surface area contributed by atoms with Crippen LogP contribution >= 0.6 is 11.3 Å². The highest BCUT2D eigenvalue weighted by molar-refractivity contribution is 7.18. The molecule has 1 saturated heterocycles. The van der Waals surface area contributed by atoms with Crippen LogP contribution in [-0.4, -0.2) is 57.6 Å². The molecule has 3 aromatic rings. The Hall–Kier alpha value is -3.05. The SMILES string of the molecule is CNC(=O)c1ncc(N2CCN(Cc3cc4[nH]c(=O)n(C)c(=O)c4s3)C3CC32)cc1F. The van der Waals surface area contributed by atoms with E-state index in [4.69, 9.17) is 0 Å². The third kappa shape index (κ3) is 3.33. The summed E-state index contributed by atoms with van der Waals surface area (Å²) in [6, 6.07) is 3.86. The number of fused-ring (bicyclic) bond motifs is 2. The van der Waals surface area contributed by atoms with Crippen molar-refractivity contribution in [1.29, 1.82) is 0 Å². The number of aromatic nitrogens is 3. The Bertz CT molecular complexity index is 1310. The van der Waals surface area contributed by atoms with Crippen LogP contribution in [0.5, 0.6) is 0 Å². The molecule has 4 heterocycles. The van der Waals surface area contributed by atoms with Crippen molar-refractivity contribution in [3.8, 4) is 0 Å². The van der Waals surface area contributed by atoms with E-state index in [0.717, 1.165) is 22.4 Å². The van der Waals surface area contributed by atoms with Gasteiger partial charge in [-0.3, -0.25) is 19.1 Å². The maximum Gasteiger partial charge on any atom is 0.328 e. The van der Waals surface area contributed by atoms with Gasteiger partial charge in [-0.05, 0) is 12.5 Å². The van der Waals surface area contributed by atoms with E-state index in [2.05, 4.69) is 25.1 Å². The highest BCUT2D eigenvalue weighted by Crippen LogP contribution is 2.40. The van der Waals surface area contributed by atoms with Crippen LogP contribution in [0, 0.1) is 5.82 Å². The van der Waals surface area contributed by atoms with Crippen LogP contribution in [0.15, 0.2) is 27.9 Å². The van der Waals surface area contributed by atoms with Crippen LogP contribution in [0.25, 0.3) is 10.2 Å². The summed E-state index contributed by atoms with van der Waals surface area (Å²) in [7, 11) is 2.91. The molecule has 1 aliphatic carbocycles. The quantitative estimate of drug-likeness (QED) is 0.612. The smallest absolute Gasteiger partial charge is 0.328 e. The number of amides is 1. The fourth-order valence-electron chi connectivity index (χ4n) is 4.27. The van der Waals surface area contributed by atoms with Gasteiger partial charge in [-0.1, -0.05) is 0 Å². The van der Waals surface area contributed by atoms with E-state index in [-0.39, 0.29) is 17.3 Å². The number of carbonyl (C=O) groups is 1. The van der Waals surface area contributed by atoms with Crippen molar-refractivity contribution in [2.45, 2.75) is 25.0 Å². The Balaban J connectivity index is 1.31. The molecule has 1 aliphatic heterocycles. The van der Waals surface area contributed by atoms with Gasteiger partial charge in [0.25, 0.3) is 11.5 Å². The van der Waals surface area contributed by atoms with Crippen LogP contribution in [0.1, 0.15) is 21.8 Å². The van der Waals surface area contributed by atoms with Gasteiger partial charge in [-0.25, -0.2) is 14.2 Å². The Morgan fingerprint density at radius 3 is 2.87 bits per heavy atom. The van der Waals surface area contributed by atoms with Gasteiger partial charge in [0.15, 0.2) is 11.5 Å². The zero-order valence-corrected chi connectivity index (χ0v) is 17.8. The molecule has 2 N–H and O–H groups in total. The molecule has 0 spiro atoms. The molecule has 11 heteroatoms. The average molecular weight is 444 g/mol.